The maximum atomic E-state index is 12.2. The van der Waals surface area contributed by atoms with Crippen molar-refractivity contribution in [2.24, 2.45) is 0 Å². The zero-order valence-corrected chi connectivity index (χ0v) is 15.5. The van der Waals surface area contributed by atoms with Crippen LogP contribution in [0.5, 0.6) is 0 Å². The summed E-state index contributed by atoms with van der Waals surface area (Å²) in [4.78, 5) is 26.4. The average Bonchev–Trinajstić information content (AvgIpc) is 2.62. The number of piperidine rings is 1. The predicted octanol–water partition coefficient (Wildman–Crippen LogP) is 4.02. The van der Waals surface area contributed by atoms with E-state index < -0.39 is 0 Å². The van der Waals surface area contributed by atoms with Crippen molar-refractivity contribution in [2.45, 2.75) is 64.8 Å². The number of carbonyl (C=O) groups excluding carboxylic acids is 2. The molecule has 2 N–H and O–H groups in total. The molecule has 0 bridgehead atoms. The number of hydrogen-bond donors (Lipinski definition) is 2. The van der Waals surface area contributed by atoms with Gasteiger partial charge >= 0.3 is 0 Å². The van der Waals surface area contributed by atoms with Gasteiger partial charge in [-0.1, -0.05) is 19.8 Å². The second-order valence-electron chi connectivity index (χ2n) is 6.93. The molecular weight excluding hydrogens is 314 g/mol. The maximum absolute atomic E-state index is 12.2. The van der Waals surface area contributed by atoms with E-state index in [9.17, 15) is 9.59 Å². The number of carbonyl (C=O) groups is 2. The van der Waals surface area contributed by atoms with Crippen LogP contribution < -0.4 is 10.6 Å². The lowest BCUT2D eigenvalue weighted by Gasteiger charge is -2.31. The Bertz CT molecular complexity index is 551. The van der Waals surface area contributed by atoms with Crippen LogP contribution in [0.15, 0.2) is 24.3 Å². The summed E-state index contributed by atoms with van der Waals surface area (Å²) in [5.41, 5.74) is 1.53. The largest absolute Gasteiger partial charge is 0.326 e. The lowest BCUT2D eigenvalue weighted by Crippen LogP contribution is -2.39. The molecule has 25 heavy (non-hydrogen) atoms. The van der Waals surface area contributed by atoms with Crippen LogP contribution in [-0.2, 0) is 9.59 Å². The summed E-state index contributed by atoms with van der Waals surface area (Å²) in [6, 6.07) is 7.59. The van der Waals surface area contributed by atoms with E-state index >= 15 is 0 Å². The van der Waals surface area contributed by atoms with Gasteiger partial charge in [-0.2, -0.15) is 0 Å². The summed E-state index contributed by atoms with van der Waals surface area (Å²) in [6.07, 6.45) is 6.73. The molecule has 2 rings (SSSR count). The van der Waals surface area contributed by atoms with Crippen molar-refractivity contribution in [3.8, 4) is 0 Å². The minimum atomic E-state index is 0.0361. The third-order valence-electron chi connectivity index (χ3n) is 4.70. The number of nitrogens with zero attached hydrogens (tertiary/aromatic N) is 1. The van der Waals surface area contributed by atoms with Gasteiger partial charge in [0.15, 0.2) is 0 Å². The molecule has 1 heterocycles. The number of amides is 2. The van der Waals surface area contributed by atoms with Crippen molar-refractivity contribution in [3.63, 3.8) is 0 Å². The van der Waals surface area contributed by atoms with Crippen molar-refractivity contribution in [1.29, 1.82) is 0 Å². The number of benzene rings is 1. The fraction of sp³-hybridized carbons (Fsp3) is 0.600. The van der Waals surface area contributed by atoms with Gasteiger partial charge in [-0.25, -0.2) is 0 Å². The first-order valence-electron chi connectivity index (χ1n) is 9.52. The monoisotopic (exact) mass is 345 g/mol. The van der Waals surface area contributed by atoms with Crippen molar-refractivity contribution in [2.75, 3.05) is 23.7 Å². The van der Waals surface area contributed by atoms with Crippen LogP contribution in [-0.4, -0.2) is 35.8 Å². The molecule has 0 aliphatic carbocycles. The average molecular weight is 345 g/mol. The van der Waals surface area contributed by atoms with Crippen LogP contribution in [0.4, 0.5) is 11.4 Å². The SMILES string of the molecule is CCCCC(=O)Nc1ccc(NC(=O)C[C@H](C)N2CCCCC2)cc1. The summed E-state index contributed by atoms with van der Waals surface area (Å²) in [7, 11) is 0. The molecule has 1 atom stereocenters. The van der Waals surface area contributed by atoms with E-state index in [1.165, 1.54) is 19.3 Å². The molecular formula is C20H31N3O2. The van der Waals surface area contributed by atoms with Crippen LogP contribution >= 0.6 is 0 Å². The van der Waals surface area contributed by atoms with Crippen LogP contribution in [0.25, 0.3) is 0 Å². The molecule has 1 aromatic rings. The Kier molecular flexibility index (Phi) is 7.92. The first-order valence-corrected chi connectivity index (χ1v) is 9.52. The van der Waals surface area contributed by atoms with Crippen molar-refractivity contribution >= 4 is 23.2 Å². The quantitative estimate of drug-likeness (QED) is 0.748. The van der Waals surface area contributed by atoms with Gasteiger partial charge in [-0.15, -0.1) is 0 Å². The van der Waals surface area contributed by atoms with Gasteiger partial charge in [-0.3, -0.25) is 9.59 Å². The molecule has 138 valence electrons. The molecule has 1 saturated heterocycles. The van der Waals surface area contributed by atoms with Gasteiger partial charge in [0.25, 0.3) is 0 Å². The Morgan fingerprint density at radius 2 is 1.56 bits per heavy atom. The molecule has 0 aromatic heterocycles. The van der Waals surface area contributed by atoms with Crippen molar-refractivity contribution in [3.05, 3.63) is 24.3 Å². The molecule has 0 unspecified atom stereocenters. The normalized spacial score (nSPS) is 16.2. The van der Waals surface area contributed by atoms with E-state index in [4.69, 9.17) is 0 Å². The highest BCUT2D eigenvalue weighted by molar-refractivity contribution is 5.93. The highest BCUT2D eigenvalue weighted by atomic mass is 16.2. The Morgan fingerprint density at radius 3 is 2.12 bits per heavy atom. The number of hydrogen-bond acceptors (Lipinski definition) is 3. The van der Waals surface area contributed by atoms with E-state index in [0.29, 0.717) is 12.8 Å². The molecule has 2 amide bonds. The highest BCUT2D eigenvalue weighted by Crippen LogP contribution is 2.17. The van der Waals surface area contributed by atoms with E-state index in [1.54, 1.807) is 0 Å². The third kappa shape index (κ3) is 6.86. The van der Waals surface area contributed by atoms with Gasteiger partial charge in [0.05, 0.1) is 0 Å². The zero-order chi connectivity index (χ0) is 18.1. The standard InChI is InChI=1S/C20H31N3O2/c1-3-4-8-19(24)21-17-9-11-18(12-10-17)22-20(25)15-16(2)23-13-6-5-7-14-23/h9-12,16H,3-8,13-15H2,1-2H3,(H,21,24)(H,22,25)/t16-/m0/s1. The predicted molar refractivity (Wildman–Crippen MR) is 103 cm³/mol. The van der Waals surface area contributed by atoms with Crippen LogP contribution in [0.2, 0.25) is 0 Å². The minimum absolute atomic E-state index is 0.0361. The second-order valence-corrected chi connectivity index (χ2v) is 6.93. The fourth-order valence-corrected chi connectivity index (χ4v) is 3.17. The summed E-state index contributed by atoms with van der Waals surface area (Å²) in [6.45, 7) is 6.39. The van der Waals surface area contributed by atoms with Gasteiger partial charge in [0.2, 0.25) is 11.8 Å². The van der Waals surface area contributed by atoms with Crippen molar-refractivity contribution in [1.82, 2.24) is 4.90 Å². The second kappa shape index (κ2) is 10.2. The molecule has 0 spiro atoms. The Hall–Kier alpha value is -1.88. The molecule has 1 aliphatic heterocycles. The number of unbranched alkanes of at least 4 members (excludes halogenated alkanes) is 1. The maximum Gasteiger partial charge on any atom is 0.225 e. The highest BCUT2D eigenvalue weighted by Gasteiger charge is 2.19. The molecule has 5 nitrogen and oxygen atoms in total. The molecule has 5 heteroatoms. The zero-order valence-electron chi connectivity index (χ0n) is 15.5. The fourth-order valence-electron chi connectivity index (χ4n) is 3.17. The molecule has 0 radical (unpaired) electrons. The summed E-state index contributed by atoms with van der Waals surface area (Å²) in [5.74, 6) is 0.0757. The van der Waals surface area contributed by atoms with Gasteiger partial charge in [0, 0.05) is 30.3 Å². The minimum Gasteiger partial charge on any atom is -0.326 e. The molecule has 1 fully saturated rings. The smallest absolute Gasteiger partial charge is 0.225 e. The van der Waals surface area contributed by atoms with Crippen molar-refractivity contribution < 1.29 is 9.59 Å². The van der Waals surface area contributed by atoms with E-state index in [1.807, 2.05) is 24.3 Å². The van der Waals surface area contributed by atoms with Gasteiger partial charge in [-0.05, 0) is 63.5 Å². The molecule has 1 aliphatic rings. The Labute approximate surface area is 151 Å². The lowest BCUT2D eigenvalue weighted by atomic mass is 10.1. The van der Waals surface area contributed by atoms with Crippen LogP contribution in [0.1, 0.15) is 58.8 Å². The number of rotatable bonds is 8. The molecule has 1 aromatic carbocycles. The van der Waals surface area contributed by atoms with E-state index in [-0.39, 0.29) is 17.9 Å². The Morgan fingerprint density at radius 1 is 1.00 bits per heavy atom. The first-order chi connectivity index (χ1) is 12.1. The van der Waals surface area contributed by atoms with E-state index in [0.717, 1.165) is 37.3 Å². The van der Waals surface area contributed by atoms with Gasteiger partial charge in [0.1, 0.15) is 0 Å². The van der Waals surface area contributed by atoms with Gasteiger partial charge < -0.3 is 15.5 Å². The number of nitrogens with one attached hydrogen (secondary N) is 2. The number of anilines is 2. The van der Waals surface area contributed by atoms with E-state index in [2.05, 4.69) is 29.4 Å². The number of likely N-dealkylation sites (tertiary alicyclic amines) is 1. The van der Waals surface area contributed by atoms with Crippen LogP contribution in [0.3, 0.4) is 0 Å². The Balaban J connectivity index is 1.77. The summed E-state index contributed by atoms with van der Waals surface area (Å²) < 4.78 is 0. The third-order valence-corrected chi connectivity index (χ3v) is 4.70. The lowest BCUT2D eigenvalue weighted by molar-refractivity contribution is -0.117. The van der Waals surface area contributed by atoms with Crippen LogP contribution in [0, 0.1) is 0 Å². The first kappa shape index (κ1) is 19.4. The molecule has 0 saturated carbocycles. The summed E-state index contributed by atoms with van der Waals surface area (Å²) in [5, 5.41) is 5.82. The topological polar surface area (TPSA) is 61.4 Å². The summed E-state index contributed by atoms with van der Waals surface area (Å²) >= 11 is 0.